The van der Waals surface area contributed by atoms with Crippen LogP contribution in [0.15, 0.2) is 55.0 Å². The number of carbonyl (C=O) groups excluding carboxylic acids is 1. The lowest BCUT2D eigenvalue weighted by molar-refractivity contribution is -0.193. The Kier molecular flexibility index (Phi) is 15.8. The Morgan fingerprint density at radius 3 is 1.98 bits per heavy atom. The molecule has 3 rings (SSSR count). The van der Waals surface area contributed by atoms with Gasteiger partial charge >= 0.3 is 30.3 Å². The Hall–Kier alpha value is -4.58. The number of benzene rings is 2. The fourth-order valence-electron chi connectivity index (χ4n) is 3.45. The summed E-state index contributed by atoms with van der Waals surface area (Å²) in [4.78, 5) is 49.6. The van der Waals surface area contributed by atoms with E-state index in [4.69, 9.17) is 19.8 Å². The van der Waals surface area contributed by atoms with Gasteiger partial charge in [0, 0.05) is 30.5 Å². The number of nitrogens with zero attached hydrogens (tertiary/aromatic N) is 1. The largest absolute Gasteiger partial charge is 0.490 e. The van der Waals surface area contributed by atoms with E-state index in [1.54, 1.807) is 30.4 Å². The van der Waals surface area contributed by atoms with Gasteiger partial charge in [-0.25, -0.2) is 19.4 Å². The van der Waals surface area contributed by atoms with Gasteiger partial charge in [0.2, 0.25) is 0 Å². The van der Waals surface area contributed by atoms with Gasteiger partial charge < -0.3 is 30.9 Å². The molecule has 0 unspecified atom stereocenters. The van der Waals surface area contributed by atoms with Gasteiger partial charge in [-0.15, -0.1) is 0 Å². The number of carboxylic acid groups (broad SMARTS) is 3. The number of aromatic amines is 1. The Balaban J connectivity index is 0.000000629. The van der Waals surface area contributed by atoms with Crippen LogP contribution in [0.3, 0.4) is 0 Å². The average Bonchev–Trinajstić information content (AvgIpc) is 3.48. The molecule has 0 aliphatic carbocycles. The number of imidazole rings is 1. The van der Waals surface area contributed by atoms with Crippen LogP contribution in [-0.4, -0.2) is 79.5 Å². The van der Waals surface area contributed by atoms with Gasteiger partial charge in [0.25, 0.3) is 5.91 Å². The molecule has 0 bridgehead atoms. The molecule has 0 fully saturated rings. The summed E-state index contributed by atoms with van der Waals surface area (Å²) in [6.45, 7) is 3.27. The van der Waals surface area contributed by atoms with Crippen LogP contribution in [0.1, 0.15) is 33.6 Å². The van der Waals surface area contributed by atoms with Crippen molar-refractivity contribution in [3.05, 3.63) is 77.4 Å². The number of hydrogen-bond acceptors (Lipinski definition) is 7. The highest BCUT2D eigenvalue weighted by atomic mass is 32.2. The number of H-pyrrole nitrogens is 1. The predicted molar refractivity (Wildman–Crippen MR) is 155 cm³/mol. The second-order valence-electron chi connectivity index (χ2n) is 9.13. The lowest BCUT2D eigenvalue weighted by Gasteiger charge is -2.18. The van der Waals surface area contributed by atoms with Gasteiger partial charge in [-0.1, -0.05) is 30.3 Å². The highest BCUT2D eigenvalue weighted by Crippen LogP contribution is 2.28. The molecule has 6 N–H and O–H groups in total. The van der Waals surface area contributed by atoms with Gasteiger partial charge in [-0.3, -0.25) is 4.79 Å². The van der Waals surface area contributed by atoms with Gasteiger partial charge in [-0.2, -0.15) is 38.1 Å². The predicted octanol–water partition coefficient (Wildman–Crippen LogP) is 4.88. The number of carbonyl (C=O) groups is 4. The number of alkyl halides is 6. The van der Waals surface area contributed by atoms with Crippen molar-refractivity contribution in [1.29, 1.82) is 0 Å². The molecule has 46 heavy (non-hydrogen) atoms. The van der Waals surface area contributed by atoms with E-state index in [1.165, 1.54) is 0 Å². The quantitative estimate of drug-likeness (QED) is 0.153. The van der Waals surface area contributed by atoms with Crippen LogP contribution < -0.4 is 10.6 Å². The number of halogens is 6. The summed E-state index contributed by atoms with van der Waals surface area (Å²) in [6.07, 6.45) is -4.47. The standard InChI is InChI=1S/C24H28N4O3S.2C2HF3O2/c1-16-5-3-4-6-19(16)21-11-17(12-25-13-18-14-26-15-27-18)7-8-20(21)23(29)28-22(24(30)31)9-10-32-2;2*3-2(4,5)1(6)7/h3-8,11,14-15,22,25H,9-10,12-13H2,1-2H3,(H,26,27)(H,28,29)(H,30,31);2*(H,6,7)/t22-;;/m1../s1. The topological polar surface area (TPSA) is 182 Å². The fourth-order valence-corrected chi connectivity index (χ4v) is 3.92. The molecule has 1 amide bonds. The molecule has 0 aliphatic rings. The van der Waals surface area contributed by atoms with Gasteiger partial charge in [-0.05, 0) is 59.7 Å². The smallest absolute Gasteiger partial charge is 0.480 e. The third kappa shape index (κ3) is 14.0. The number of thioether (sulfide) groups is 1. The number of rotatable bonds is 11. The summed E-state index contributed by atoms with van der Waals surface area (Å²) in [6, 6.07) is 12.6. The van der Waals surface area contributed by atoms with Crippen molar-refractivity contribution in [2.75, 3.05) is 12.0 Å². The molecule has 3 aromatic rings. The first-order chi connectivity index (χ1) is 21.4. The van der Waals surface area contributed by atoms with Crippen LogP contribution in [0.5, 0.6) is 0 Å². The minimum absolute atomic E-state index is 0.373. The van der Waals surface area contributed by atoms with Crippen molar-refractivity contribution in [2.24, 2.45) is 0 Å². The lowest BCUT2D eigenvalue weighted by atomic mass is 9.93. The molecular weight excluding hydrogens is 650 g/mol. The Labute approximate surface area is 262 Å². The molecule has 0 radical (unpaired) electrons. The van der Waals surface area contributed by atoms with Crippen molar-refractivity contribution in [3.8, 4) is 11.1 Å². The van der Waals surface area contributed by atoms with E-state index in [1.807, 2.05) is 49.6 Å². The van der Waals surface area contributed by atoms with E-state index in [0.29, 0.717) is 30.8 Å². The number of aryl methyl sites for hydroxylation is 1. The number of hydrogen-bond donors (Lipinski definition) is 6. The summed E-state index contributed by atoms with van der Waals surface area (Å²) >= 11 is 1.55. The molecule has 1 heterocycles. The maximum atomic E-state index is 13.1. The number of carboxylic acids is 3. The molecule has 0 saturated carbocycles. The molecule has 0 spiro atoms. The van der Waals surface area contributed by atoms with E-state index in [-0.39, 0.29) is 5.91 Å². The summed E-state index contributed by atoms with van der Waals surface area (Å²) in [5.41, 5.74) is 5.26. The highest BCUT2D eigenvalue weighted by molar-refractivity contribution is 7.98. The Morgan fingerprint density at radius 1 is 0.913 bits per heavy atom. The first kappa shape index (κ1) is 39.4. The van der Waals surface area contributed by atoms with Gasteiger partial charge in [0.1, 0.15) is 6.04 Å². The number of aliphatic carboxylic acids is 3. The normalized spacial score (nSPS) is 11.7. The third-order valence-electron chi connectivity index (χ3n) is 5.66. The zero-order valence-electron chi connectivity index (χ0n) is 24.2. The maximum Gasteiger partial charge on any atom is 0.490 e. The maximum absolute atomic E-state index is 13.1. The van der Waals surface area contributed by atoms with Crippen LogP contribution in [-0.2, 0) is 27.5 Å². The minimum atomic E-state index is -5.08. The molecule has 0 aliphatic heterocycles. The van der Waals surface area contributed by atoms with E-state index in [9.17, 15) is 41.0 Å². The molecule has 1 aromatic heterocycles. The number of amides is 1. The fraction of sp³-hybridized carbons (Fsp3) is 0.321. The van der Waals surface area contributed by atoms with Gasteiger partial charge in [0.15, 0.2) is 0 Å². The molecule has 18 heteroatoms. The Morgan fingerprint density at radius 2 is 1.50 bits per heavy atom. The van der Waals surface area contributed by atoms with Crippen LogP contribution in [0.4, 0.5) is 26.3 Å². The van der Waals surface area contributed by atoms with E-state index in [2.05, 4.69) is 20.6 Å². The zero-order chi connectivity index (χ0) is 35.1. The van der Waals surface area contributed by atoms with Crippen LogP contribution in [0.25, 0.3) is 11.1 Å². The summed E-state index contributed by atoms with van der Waals surface area (Å²) in [5.74, 6) is -6.26. The second kappa shape index (κ2) is 18.4. The van der Waals surface area contributed by atoms with Crippen molar-refractivity contribution < 1.29 is 60.8 Å². The number of aromatic nitrogens is 2. The van der Waals surface area contributed by atoms with Crippen LogP contribution in [0, 0.1) is 6.92 Å². The lowest BCUT2D eigenvalue weighted by Crippen LogP contribution is -2.41. The average molecular weight is 681 g/mol. The first-order valence-electron chi connectivity index (χ1n) is 12.9. The monoisotopic (exact) mass is 680 g/mol. The van der Waals surface area contributed by atoms with Crippen molar-refractivity contribution in [1.82, 2.24) is 20.6 Å². The number of nitrogens with one attached hydrogen (secondary N) is 3. The molecule has 11 nitrogen and oxygen atoms in total. The third-order valence-corrected chi connectivity index (χ3v) is 6.31. The molecule has 252 valence electrons. The van der Waals surface area contributed by atoms with E-state index >= 15 is 0 Å². The second-order valence-corrected chi connectivity index (χ2v) is 10.1. The van der Waals surface area contributed by atoms with Crippen molar-refractivity contribution >= 4 is 35.6 Å². The van der Waals surface area contributed by atoms with Crippen LogP contribution >= 0.6 is 11.8 Å². The first-order valence-corrected chi connectivity index (χ1v) is 14.3. The molecule has 1 atom stereocenters. The van der Waals surface area contributed by atoms with Crippen molar-refractivity contribution in [3.63, 3.8) is 0 Å². The van der Waals surface area contributed by atoms with Crippen LogP contribution in [0.2, 0.25) is 0 Å². The minimum Gasteiger partial charge on any atom is -0.480 e. The van der Waals surface area contributed by atoms with E-state index < -0.39 is 36.3 Å². The highest BCUT2D eigenvalue weighted by Gasteiger charge is 2.38. The summed E-state index contributed by atoms with van der Waals surface area (Å²) in [5, 5.41) is 29.8. The van der Waals surface area contributed by atoms with Gasteiger partial charge in [0.05, 0.1) is 6.33 Å². The molecule has 2 aromatic carbocycles. The SMILES string of the molecule is CSCC[C@@H](NC(=O)c1ccc(CNCc2cnc[nH]2)cc1-c1ccccc1C)C(=O)O.O=C(O)C(F)(F)F.O=C(O)C(F)(F)F. The van der Waals surface area contributed by atoms with Crippen molar-refractivity contribution in [2.45, 2.75) is 44.8 Å². The zero-order valence-corrected chi connectivity index (χ0v) is 25.0. The Bertz CT molecular complexity index is 1430. The molecule has 0 saturated heterocycles. The van der Waals surface area contributed by atoms with E-state index in [0.717, 1.165) is 27.9 Å². The summed E-state index contributed by atoms with van der Waals surface area (Å²) < 4.78 is 63.5. The summed E-state index contributed by atoms with van der Waals surface area (Å²) in [7, 11) is 0. The molecular formula is C28H30F6N4O7S.